The van der Waals surface area contributed by atoms with Gasteiger partial charge in [-0.05, 0) is 37.9 Å². The second-order valence-electron chi connectivity index (χ2n) is 4.62. The molecule has 1 N–H and O–H groups in total. The Morgan fingerprint density at radius 2 is 1.94 bits per heavy atom. The first-order valence-electron chi connectivity index (χ1n) is 5.84. The Balaban J connectivity index is 2.36. The molecule has 0 radical (unpaired) electrons. The average molecular weight is 255 g/mol. The molecule has 1 aromatic rings. The molecule has 0 aromatic heterocycles. The third-order valence-corrected chi connectivity index (χ3v) is 3.81. The Morgan fingerprint density at radius 1 is 1.29 bits per heavy atom. The number of rotatable bonds is 6. The van der Waals surface area contributed by atoms with Crippen LogP contribution in [0.2, 0.25) is 0 Å². The topological polar surface area (TPSA) is 46.2 Å². The van der Waals surface area contributed by atoms with Gasteiger partial charge in [0, 0.05) is 12.3 Å². The van der Waals surface area contributed by atoms with Crippen LogP contribution in [0, 0.1) is 6.92 Å². The smallest absolute Gasteiger partial charge is 0.148 e. The fraction of sp³-hybridized carbons (Fsp3) is 0.538. The summed E-state index contributed by atoms with van der Waals surface area (Å²) in [5.74, 6) is 0.195. The van der Waals surface area contributed by atoms with Crippen LogP contribution >= 0.6 is 0 Å². The first kappa shape index (κ1) is 14.2. The SMILES string of the molecule is Cc1ccccc1CCNC(C)CS(C)(=O)=O. The fourth-order valence-corrected chi connectivity index (χ4v) is 2.88. The van der Waals surface area contributed by atoms with Crippen LogP contribution in [-0.2, 0) is 16.3 Å². The summed E-state index contributed by atoms with van der Waals surface area (Å²) in [6, 6.07) is 8.27. The van der Waals surface area contributed by atoms with E-state index in [1.807, 2.05) is 19.1 Å². The minimum atomic E-state index is -2.89. The Morgan fingerprint density at radius 3 is 2.53 bits per heavy atom. The van der Waals surface area contributed by atoms with Crippen LogP contribution in [0.3, 0.4) is 0 Å². The van der Waals surface area contributed by atoms with Crippen molar-refractivity contribution in [3.05, 3.63) is 35.4 Å². The Hall–Kier alpha value is -0.870. The first-order valence-corrected chi connectivity index (χ1v) is 7.90. The molecule has 0 spiro atoms. The maximum atomic E-state index is 11.1. The van der Waals surface area contributed by atoms with Crippen molar-refractivity contribution >= 4 is 9.84 Å². The van der Waals surface area contributed by atoms with E-state index in [0.29, 0.717) is 0 Å². The summed E-state index contributed by atoms with van der Waals surface area (Å²) in [6.45, 7) is 4.80. The second-order valence-corrected chi connectivity index (χ2v) is 6.81. The van der Waals surface area contributed by atoms with E-state index < -0.39 is 9.84 Å². The maximum absolute atomic E-state index is 11.1. The standard InChI is InChI=1S/C13H21NO2S/c1-11-6-4-5-7-13(11)8-9-14-12(2)10-17(3,15)16/h4-7,12,14H,8-10H2,1-3H3. The molecule has 0 bridgehead atoms. The zero-order valence-corrected chi connectivity index (χ0v) is 11.5. The van der Waals surface area contributed by atoms with Crippen molar-refractivity contribution < 1.29 is 8.42 Å². The lowest BCUT2D eigenvalue weighted by Gasteiger charge is -2.13. The molecule has 1 unspecified atom stereocenters. The van der Waals surface area contributed by atoms with E-state index in [1.54, 1.807) is 0 Å². The average Bonchev–Trinajstić information content (AvgIpc) is 2.18. The Kier molecular flexibility index (Phi) is 5.15. The summed E-state index contributed by atoms with van der Waals surface area (Å²) in [4.78, 5) is 0. The van der Waals surface area contributed by atoms with Gasteiger partial charge in [0.25, 0.3) is 0 Å². The highest BCUT2D eigenvalue weighted by Gasteiger charge is 2.09. The lowest BCUT2D eigenvalue weighted by molar-refractivity contribution is 0.561. The highest BCUT2D eigenvalue weighted by Crippen LogP contribution is 2.06. The van der Waals surface area contributed by atoms with Crippen molar-refractivity contribution in [2.45, 2.75) is 26.3 Å². The van der Waals surface area contributed by atoms with Gasteiger partial charge in [-0.25, -0.2) is 8.42 Å². The molecule has 0 heterocycles. The predicted molar refractivity (Wildman–Crippen MR) is 72.1 cm³/mol. The molecule has 3 nitrogen and oxygen atoms in total. The van der Waals surface area contributed by atoms with Crippen LogP contribution in [0.25, 0.3) is 0 Å². The third-order valence-electron chi connectivity index (χ3n) is 2.70. The van der Waals surface area contributed by atoms with Gasteiger partial charge in [-0.3, -0.25) is 0 Å². The molecule has 0 saturated heterocycles. The van der Waals surface area contributed by atoms with Crippen molar-refractivity contribution in [1.82, 2.24) is 5.32 Å². The quantitative estimate of drug-likeness (QED) is 0.839. The molecule has 0 aliphatic carbocycles. The van der Waals surface area contributed by atoms with Crippen molar-refractivity contribution in [1.29, 1.82) is 0 Å². The highest BCUT2D eigenvalue weighted by molar-refractivity contribution is 7.90. The van der Waals surface area contributed by atoms with Gasteiger partial charge in [-0.15, -0.1) is 0 Å². The molecule has 0 amide bonds. The molecule has 0 fully saturated rings. The van der Waals surface area contributed by atoms with Gasteiger partial charge in [0.15, 0.2) is 0 Å². The van der Waals surface area contributed by atoms with Crippen LogP contribution in [0.15, 0.2) is 24.3 Å². The molecular formula is C13H21NO2S. The van der Waals surface area contributed by atoms with Gasteiger partial charge in [0.1, 0.15) is 9.84 Å². The lowest BCUT2D eigenvalue weighted by atomic mass is 10.1. The molecule has 0 aliphatic rings. The zero-order valence-electron chi connectivity index (χ0n) is 10.7. The number of hydrogen-bond acceptors (Lipinski definition) is 3. The van der Waals surface area contributed by atoms with Gasteiger partial charge in [-0.2, -0.15) is 0 Å². The second kappa shape index (κ2) is 6.17. The van der Waals surface area contributed by atoms with Crippen molar-refractivity contribution in [2.75, 3.05) is 18.6 Å². The molecule has 1 rings (SSSR count). The summed E-state index contributed by atoms with van der Waals surface area (Å²) >= 11 is 0. The number of benzene rings is 1. The number of nitrogens with one attached hydrogen (secondary N) is 1. The van der Waals surface area contributed by atoms with E-state index in [1.165, 1.54) is 17.4 Å². The minimum absolute atomic E-state index is 0.00835. The summed E-state index contributed by atoms with van der Waals surface area (Å²) in [5.41, 5.74) is 2.59. The molecule has 0 saturated carbocycles. The van der Waals surface area contributed by atoms with E-state index >= 15 is 0 Å². The normalized spacial score (nSPS) is 13.6. The van der Waals surface area contributed by atoms with Crippen LogP contribution < -0.4 is 5.32 Å². The first-order chi connectivity index (χ1) is 7.88. The van der Waals surface area contributed by atoms with Gasteiger partial charge in [0.05, 0.1) is 5.75 Å². The summed E-state index contributed by atoms with van der Waals surface area (Å²) < 4.78 is 22.2. The predicted octanol–water partition coefficient (Wildman–Crippen LogP) is 1.56. The van der Waals surface area contributed by atoms with E-state index in [4.69, 9.17) is 0 Å². The lowest BCUT2D eigenvalue weighted by Crippen LogP contribution is -2.34. The number of aryl methyl sites for hydroxylation is 1. The maximum Gasteiger partial charge on any atom is 0.148 e. The van der Waals surface area contributed by atoms with Crippen LogP contribution in [0.1, 0.15) is 18.1 Å². The zero-order chi connectivity index (χ0) is 12.9. The van der Waals surface area contributed by atoms with Gasteiger partial charge < -0.3 is 5.32 Å². The molecular weight excluding hydrogens is 234 g/mol. The van der Waals surface area contributed by atoms with Gasteiger partial charge >= 0.3 is 0 Å². The summed E-state index contributed by atoms with van der Waals surface area (Å²) in [7, 11) is -2.89. The van der Waals surface area contributed by atoms with Gasteiger partial charge in [-0.1, -0.05) is 24.3 Å². The van der Waals surface area contributed by atoms with Gasteiger partial charge in [0.2, 0.25) is 0 Å². The van der Waals surface area contributed by atoms with Crippen LogP contribution in [0.5, 0.6) is 0 Å². The number of hydrogen-bond donors (Lipinski definition) is 1. The highest BCUT2D eigenvalue weighted by atomic mass is 32.2. The fourth-order valence-electron chi connectivity index (χ4n) is 1.86. The van der Waals surface area contributed by atoms with E-state index in [-0.39, 0.29) is 11.8 Å². The van der Waals surface area contributed by atoms with E-state index in [2.05, 4.69) is 24.4 Å². The monoisotopic (exact) mass is 255 g/mol. The molecule has 96 valence electrons. The van der Waals surface area contributed by atoms with Crippen molar-refractivity contribution in [3.8, 4) is 0 Å². The van der Waals surface area contributed by atoms with Crippen molar-refractivity contribution in [2.24, 2.45) is 0 Å². The van der Waals surface area contributed by atoms with E-state index in [9.17, 15) is 8.42 Å². The molecule has 4 heteroatoms. The Labute approximate surface area is 104 Å². The third kappa shape index (κ3) is 5.84. The summed E-state index contributed by atoms with van der Waals surface area (Å²) in [5, 5.41) is 3.24. The molecule has 1 atom stereocenters. The largest absolute Gasteiger partial charge is 0.313 e. The summed E-state index contributed by atoms with van der Waals surface area (Å²) in [6.07, 6.45) is 2.20. The molecule has 0 aliphatic heterocycles. The Bertz CT molecular complexity index is 454. The van der Waals surface area contributed by atoms with Crippen LogP contribution in [0.4, 0.5) is 0 Å². The van der Waals surface area contributed by atoms with Crippen molar-refractivity contribution in [3.63, 3.8) is 0 Å². The van der Waals surface area contributed by atoms with E-state index in [0.717, 1.165) is 13.0 Å². The molecule has 17 heavy (non-hydrogen) atoms. The van der Waals surface area contributed by atoms with Crippen LogP contribution in [-0.4, -0.2) is 33.0 Å². The number of sulfone groups is 1. The molecule has 1 aromatic carbocycles. The minimum Gasteiger partial charge on any atom is -0.313 e.